The smallest absolute Gasteiger partial charge is 0.0698 e. The SMILES string of the molecule is CCCCCCC1(CCCCCC)c2ccccc2-c2ccc(-c3ccc4c(c3)C(COCCO)(COCCO)c3cc(-c5ccc6c(c5)C(CCCCCC)(CCCCCC)c5ccccc5-6)ccc3-4)cc21. The Bertz CT molecular complexity index is 2550. The van der Waals surface area contributed by atoms with Gasteiger partial charge in [0.2, 0.25) is 0 Å². The number of aliphatic hydroxyl groups excluding tert-OH is 2. The molecule has 0 bridgehead atoms. The highest BCUT2D eigenvalue weighted by Gasteiger charge is 2.47. The van der Waals surface area contributed by atoms with Gasteiger partial charge in [0, 0.05) is 10.8 Å². The Balaban J connectivity index is 1.14. The van der Waals surface area contributed by atoms with Gasteiger partial charge in [0.25, 0.3) is 0 Å². The van der Waals surface area contributed by atoms with Crippen LogP contribution in [0.1, 0.15) is 189 Å². The van der Waals surface area contributed by atoms with Crippen LogP contribution in [0.25, 0.3) is 55.6 Å². The van der Waals surface area contributed by atoms with E-state index in [0.29, 0.717) is 13.2 Å². The molecule has 9 rings (SSSR count). The summed E-state index contributed by atoms with van der Waals surface area (Å²) in [5, 5.41) is 20.2. The van der Waals surface area contributed by atoms with Gasteiger partial charge in [-0.1, -0.05) is 227 Å². The fourth-order valence-electron chi connectivity index (χ4n) is 13.8. The summed E-state index contributed by atoms with van der Waals surface area (Å²) in [6.07, 6.45) is 24.9. The first-order valence-electron chi connectivity index (χ1n) is 29.1. The number of fused-ring (bicyclic) bond motifs is 9. The predicted octanol–water partition coefficient (Wildman–Crippen LogP) is 17.7. The van der Waals surface area contributed by atoms with Crippen molar-refractivity contribution in [3.63, 3.8) is 0 Å². The average molecular weight is 979 g/mol. The molecule has 6 aromatic rings. The summed E-state index contributed by atoms with van der Waals surface area (Å²) in [5.74, 6) is 0. The number of rotatable bonds is 30. The van der Waals surface area contributed by atoms with E-state index in [-0.39, 0.29) is 37.3 Å². The van der Waals surface area contributed by atoms with Crippen molar-refractivity contribution in [2.24, 2.45) is 0 Å². The minimum absolute atomic E-state index is 0.00305. The first-order chi connectivity index (χ1) is 35.9. The summed E-state index contributed by atoms with van der Waals surface area (Å²) in [6, 6.07) is 47.4. The Morgan fingerprint density at radius 2 is 0.603 bits per heavy atom. The molecule has 0 radical (unpaired) electrons. The van der Waals surface area contributed by atoms with E-state index >= 15 is 0 Å². The van der Waals surface area contributed by atoms with Gasteiger partial charge in [-0.2, -0.15) is 0 Å². The number of ether oxygens (including phenoxy) is 2. The second-order valence-corrected chi connectivity index (χ2v) is 22.2. The van der Waals surface area contributed by atoms with Crippen LogP contribution in [0.5, 0.6) is 0 Å². The molecule has 0 spiro atoms. The van der Waals surface area contributed by atoms with E-state index in [0.717, 1.165) is 0 Å². The van der Waals surface area contributed by atoms with Crippen molar-refractivity contribution in [3.8, 4) is 55.6 Å². The summed E-state index contributed by atoms with van der Waals surface area (Å²) in [4.78, 5) is 0. The molecule has 6 aromatic carbocycles. The molecule has 4 heteroatoms. The molecule has 4 nitrogen and oxygen atoms in total. The third-order valence-corrected chi connectivity index (χ3v) is 17.6. The van der Waals surface area contributed by atoms with Crippen LogP contribution in [0.2, 0.25) is 0 Å². The van der Waals surface area contributed by atoms with E-state index in [1.54, 1.807) is 0 Å². The number of aliphatic hydroxyl groups is 2. The molecule has 0 unspecified atom stereocenters. The molecule has 0 fully saturated rings. The highest BCUT2D eigenvalue weighted by molar-refractivity contribution is 5.89. The van der Waals surface area contributed by atoms with Gasteiger partial charge >= 0.3 is 0 Å². The molecule has 3 aliphatic rings. The van der Waals surface area contributed by atoms with Gasteiger partial charge in [0.1, 0.15) is 0 Å². The Morgan fingerprint density at radius 3 is 0.904 bits per heavy atom. The number of unbranched alkanes of at least 4 members (excludes halogenated alkanes) is 12. The van der Waals surface area contributed by atoms with Gasteiger partial charge in [-0.05, 0) is 139 Å². The standard InChI is InChI=1S/C69H86O4/c1-5-9-13-21-37-67(38-22-14-10-6-2)61-27-19-17-25-55(61)57-33-29-51(45-63(57)67)53-31-35-59-60-36-32-54(48-66(60)69(65(59)47-53,49-72-43-41-70)50-73-44-42-71)52-30-34-58-56-26-18-20-28-62(56)68(64(58)46-52,39-23-15-11-7-3)40-24-16-12-8-4/h17-20,25-36,45-48,70-71H,5-16,21-24,37-44,49-50H2,1-4H3. The first-order valence-corrected chi connectivity index (χ1v) is 29.1. The molecule has 0 heterocycles. The minimum Gasteiger partial charge on any atom is -0.394 e. The Morgan fingerprint density at radius 1 is 0.315 bits per heavy atom. The zero-order valence-corrected chi connectivity index (χ0v) is 45.1. The predicted molar refractivity (Wildman–Crippen MR) is 307 cm³/mol. The normalized spacial score (nSPS) is 14.9. The maximum atomic E-state index is 10.1. The molecular weight excluding hydrogens is 893 g/mol. The molecule has 0 saturated heterocycles. The summed E-state index contributed by atoms with van der Waals surface area (Å²) >= 11 is 0. The fourth-order valence-corrected chi connectivity index (χ4v) is 13.8. The maximum absolute atomic E-state index is 10.1. The van der Waals surface area contributed by atoms with Crippen LogP contribution < -0.4 is 0 Å². The first kappa shape index (κ1) is 53.0. The second-order valence-electron chi connectivity index (χ2n) is 22.2. The van der Waals surface area contributed by atoms with Crippen molar-refractivity contribution in [3.05, 3.63) is 155 Å². The van der Waals surface area contributed by atoms with Gasteiger partial charge in [-0.15, -0.1) is 0 Å². The van der Waals surface area contributed by atoms with Crippen molar-refractivity contribution in [2.75, 3.05) is 39.6 Å². The number of hydrogen-bond acceptors (Lipinski definition) is 4. The van der Waals surface area contributed by atoms with E-state index in [1.807, 2.05) is 0 Å². The lowest BCUT2D eigenvalue weighted by molar-refractivity contribution is 0.0151. The van der Waals surface area contributed by atoms with Crippen LogP contribution in [0.15, 0.2) is 121 Å². The lowest BCUT2D eigenvalue weighted by Crippen LogP contribution is -2.37. The van der Waals surface area contributed by atoms with Crippen LogP contribution in [0.4, 0.5) is 0 Å². The van der Waals surface area contributed by atoms with Crippen molar-refractivity contribution in [2.45, 2.75) is 172 Å². The monoisotopic (exact) mass is 979 g/mol. The molecular formula is C69H86O4. The highest BCUT2D eigenvalue weighted by Crippen LogP contribution is 2.58. The van der Waals surface area contributed by atoms with Crippen molar-refractivity contribution >= 4 is 0 Å². The molecule has 0 aliphatic heterocycles. The number of hydrogen-bond donors (Lipinski definition) is 2. The van der Waals surface area contributed by atoms with Gasteiger partial charge in [-0.3, -0.25) is 0 Å². The lowest BCUT2D eigenvalue weighted by Gasteiger charge is -2.33. The zero-order valence-electron chi connectivity index (χ0n) is 45.1. The van der Waals surface area contributed by atoms with Gasteiger partial charge < -0.3 is 19.7 Å². The van der Waals surface area contributed by atoms with Crippen LogP contribution in [0, 0.1) is 0 Å². The summed E-state index contributed by atoms with van der Waals surface area (Å²) < 4.78 is 13.0. The molecule has 0 atom stereocenters. The third kappa shape index (κ3) is 10.5. The lowest BCUT2D eigenvalue weighted by atomic mass is 9.70. The highest BCUT2D eigenvalue weighted by atomic mass is 16.5. The fraction of sp³-hybridized carbons (Fsp3) is 0.478. The maximum Gasteiger partial charge on any atom is 0.0698 e. The van der Waals surface area contributed by atoms with Gasteiger partial charge in [0.15, 0.2) is 0 Å². The molecule has 0 saturated carbocycles. The van der Waals surface area contributed by atoms with E-state index in [9.17, 15) is 10.2 Å². The van der Waals surface area contributed by atoms with E-state index in [2.05, 4.69) is 149 Å². The Labute approximate surface area is 440 Å². The largest absolute Gasteiger partial charge is 0.394 e. The average Bonchev–Trinajstić information content (AvgIpc) is 3.97. The van der Waals surface area contributed by atoms with Crippen LogP contribution in [-0.4, -0.2) is 49.9 Å². The summed E-state index contributed by atoms with van der Waals surface area (Å²) in [6.45, 7) is 10.3. The molecule has 73 heavy (non-hydrogen) atoms. The van der Waals surface area contributed by atoms with E-state index in [4.69, 9.17) is 9.47 Å². The van der Waals surface area contributed by atoms with Crippen LogP contribution >= 0.6 is 0 Å². The minimum atomic E-state index is -0.675. The van der Waals surface area contributed by atoms with Crippen molar-refractivity contribution in [1.82, 2.24) is 0 Å². The van der Waals surface area contributed by atoms with Crippen LogP contribution in [-0.2, 0) is 25.7 Å². The van der Waals surface area contributed by atoms with Crippen molar-refractivity contribution < 1.29 is 19.7 Å². The molecule has 3 aliphatic carbocycles. The molecule has 2 N–H and O–H groups in total. The van der Waals surface area contributed by atoms with Gasteiger partial charge in [0.05, 0.1) is 45.1 Å². The van der Waals surface area contributed by atoms with Crippen LogP contribution in [0.3, 0.4) is 0 Å². The molecule has 386 valence electrons. The quantitative estimate of drug-likeness (QED) is 0.0442. The zero-order chi connectivity index (χ0) is 50.7. The van der Waals surface area contributed by atoms with E-state index < -0.39 is 5.41 Å². The Kier molecular flexibility index (Phi) is 17.9. The second kappa shape index (κ2) is 24.7. The molecule has 0 aromatic heterocycles. The van der Waals surface area contributed by atoms with Gasteiger partial charge in [-0.25, -0.2) is 0 Å². The third-order valence-electron chi connectivity index (χ3n) is 17.6. The summed E-state index contributed by atoms with van der Waals surface area (Å²) in [7, 11) is 0. The Hall–Kier alpha value is -4.84. The van der Waals surface area contributed by atoms with E-state index in [1.165, 1.54) is 217 Å². The number of benzene rings is 6. The van der Waals surface area contributed by atoms with Crippen molar-refractivity contribution in [1.29, 1.82) is 0 Å². The summed E-state index contributed by atoms with van der Waals surface area (Å²) in [5.41, 5.74) is 20.6. The molecule has 0 amide bonds. The topological polar surface area (TPSA) is 58.9 Å².